The summed E-state index contributed by atoms with van der Waals surface area (Å²) in [4.78, 5) is 11.8. The van der Waals surface area contributed by atoms with Gasteiger partial charge in [0.1, 0.15) is 12.4 Å². The van der Waals surface area contributed by atoms with E-state index in [1.807, 2.05) is 48.7 Å². The van der Waals surface area contributed by atoms with Gasteiger partial charge in [-0.15, -0.1) is 0 Å². The molecule has 0 amide bonds. The van der Waals surface area contributed by atoms with Crippen molar-refractivity contribution in [3.63, 3.8) is 0 Å². The van der Waals surface area contributed by atoms with Crippen molar-refractivity contribution in [1.29, 1.82) is 0 Å². The van der Waals surface area contributed by atoms with Crippen molar-refractivity contribution >= 4 is 27.6 Å². The second kappa shape index (κ2) is 6.92. The molecule has 0 aliphatic rings. The highest BCUT2D eigenvalue weighted by Gasteiger charge is 2.09. The Bertz CT molecular complexity index is 1080. The van der Waals surface area contributed by atoms with Crippen LogP contribution in [0.2, 0.25) is 0 Å². The van der Waals surface area contributed by atoms with Crippen LogP contribution in [0.15, 0.2) is 72.9 Å². The molecule has 26 heavy (non-hydrogen) atoms. The number of aromatic nitrogens is 1. The maximum Gasteiger partial charge on any atom is 0.337 e. The molecule has 0 spiro atoms. The van der Waals surface area contributed by atoms with Gasteiger partial charge in [0, 0.05) is 17.1 Å². The first-order valence-corrected chi connectivity index (χ1v) is 8.54. The van der Waals surface area contributed by atoms with E-state index in [2.05, 4.69) is 22.8 Å². The zero-order valence-corrected chi connectivity index (χ0v) is 14.5. The van der Waals surface area contributed by atoms with Crippen LogP contribution in [0.25, 0.3) is 21.7 Å². The number of esters is 1. The minimum Gasteiger partial charge on any atom is -0.491 e. The molecule has 1 aromatic heterocycles. The molecule has 0 fully saturated rings. The topological polar surface area (TPSA) is 40.5 Å². The minimum absolute atomic E-state index is 0.327. The normalized spacial score (nSPS) is 11.0. The van der Waals surface area contributed by atoms with Crippen molar-refractivity contribution in [2.24, 2.45) is 0 Å². The number of rotatable bonds is 5. The Morgan fingerprint density at radius 3 is 2.69 bits per heavy atom. The Morgan fingerprint density at radius 2 is 1.81 bits per heavy atom. The standard InChI is InChI=1S/C22H19NO3/c1-25-22(24)18-10-9-17-11-12-23(20(17)15-18)13-14-26-21-8-4-6-16-5-2-3-7-19(16)21/h2-12,15H,13-14H2,1H3. The second-order valence-electron chi connectivity index (χ2n) is 6.10. The zero-order valence-electron chi connectivity index (χ0n) is 14.5. The van der Waals surface area contributed by atoms with Crippen LogP contribution in [0, 0.1) is 0 Å². The van der Waals surface area contributed by atoms with Crippen molar-refractivity contribution in [3.05, 3.63) is 78.5 Å². The average molecular weight is 345 g/mol. The number of ether oxygens (including phenoxy) is 2. The number of benzene rings is 3. The van der Waals surface area contributed by atoms with E-state index >= 15 is 0 Å². The van der Waals surface area contributed by atoms with Gasteiger partial charge >= 0.3 is 5.97 Å². The van der Waals surface area contributed by atoms with E-state index in [1.54, 1.807) is 6.07 Å². The third-order valence-electron chi connectivity index (χ3n) is 4.53. The molecule has 0 unspecified atom stereocenters. The molecule has 0 atom stereocenters. The first-order valence-electron chi connectivity index (χ1n) is 8.54. The highest BCUT2D eigenvalue weighted by molar-refractivity contribution is 5.94. The summed E-state index contributed by atoms with van der Waals surface area (Å²) in [5, 5.41) is 3.36. The summed E-state index contributed by atoms with van der Waals surface area (Å²) in [6.07, 6.45) is 2.01. The molecule has 0 aliphatic carbocycles. The molecular formula is C22H19NO3. The van der Waals surface area contributed by atoms with Crippen LogP contribution in [0.5, 0.6) is 5.75 Å². The Balaban J connectivity index is 1.53. The fourth-order valence-electron chi connectivity index (χ4n) is 3.20. The van der Waals surface area contributed by atoms with E-state index in [0.717, 1.165) is 22.0 Å². The van der Waals surface area contributed by atoms with E-state index in [4.69, 9.17) is 9.47 Å². The van der Waals surface area contributed by atoms with Crippen LogP contribution in [0.4, 0.5) is 0 Å². The van der Waals surface area contributed by atoms with Gasteiger partial charge in [-0.1, -0.05) is 42.5 Å². The lowest BCUT2D eigenvalue weighted by molar-refractivity contribution is 0.0601. The molecule has 3 aromatic carbocycles. The molecule has 0 bridgehead atoms. The summed E-state index contributed by atoms with van der Waals surface area (Å²) < 4.78 is 12.9. The maximum absolute atomic E-state index is 11.8. The third-order valence-corrected chi connectivity index (χ3v) is 4.53. The Hall–Kier alpha value is -3.27. The van der Waals surface area contributed by atoms with Crippen molar-refractivity contribution < 1.29 is 14.3 Å². The SMILES string of the molecule is COC(=O)c1ccc2ccn(CCOc3cccc4ccccc34)c2c1. The summed E-state index contributed by atoms with van der Waals surface area (Å²) in [6, 6.07) is 21.9. The fraction of sp³-hybridized carbons (Fsp3) is 0.136. The van der Waals surface area contributed by atoms with Crippen LogP contribution in [0.1, 0.15) is 10.4 Å². The predicted octanol–water partition coefficient (Wildman–Crippen LogP) is 4.66. The van der Waals surface area contributed by atoms with E-state index in [9.17, 15) is 4.79 Å². The van der Waals surface area contributed by atoms with Gasteiger partial charge in [-0.2, -0.15) is 0 Å². The number of methoxy groups -OCH3 is 1. The first kappa shape index (κ1) is 16.2. The quantitative estimate of drug-likeness (QED) is 0.494. The van der Waals surface area contributed by atoms with Crippen molar-refractivity contribution in [2.75, 3.05) is 13.7 Å². The van der Waals surface area contributed by atoms with Gasteiger partial charge in [0.25, 0.3) is 0 Å². The van der Waals surface area contributed by atoms with Gasteiger partial charge in [-0.25, -0.2) is 4.79 Å². The van der Waals surface area contributed by atoms with Crippen LogP contribution < -0.4 is 4.74 Å². The average Bonchev–Trinajstić information content (AvgIpc) is 3.10. The largest absolute Gasteiger partial charge is 0.491 e. The molecule has 0 radical (unpaired) electrons. The van der Waals surface area contributed by atoms with E-state index in [-0.39, 0.29) is 5.97 Å². The highest BCUT2D eigenvalue weighted by Crippen LogP contribution is 2.25. The fourth-order valence-corrected chi connectivity index (χ4v) is 3.20. The molecule has 4 aromatic rings. The number of fused-ring (bicyclic) bond motifs is 2. The van der Waals surface area contributed by atoms with Gasteiger partial charge in [-0.3, -0.25) is 0 Å². The summed E-state index contributed by atoms with van der Waals surface area (Å²) in [7, 11) is 1.39. The number of carbonyl (C=O) groups excluding carboxylic acids is 1. The van der Waals surface area contributed by atoms with Crippen molar-refractivity contribution in [1.82, 2.24) is 4.57 Å². The molecule has 4 rings (SSSR count). The second-order valence-corrected chi connectivity index (χ2v) is 6.10. The third kappa shape index (κ3) is 3.02. The molecule has 0 N–H and O–H groups in total. The number of hydrogen-bond acceptors (Lipinski definition) is 3. The molecule has 130 valence electrons. The van der Waals surface area contributed by atoms with Crippen molar-refractivity contribution in [3.8, 4) is 5.75 Å². The van der Waals surface area contributed by atoms with Gasteiger partial charge in [0.2, 0.25) is 0 Å². The Labute approximate surface area is 151 Å². The molecule has 4 nitrogen and oxygen atoms in total. The summed E-state index contributed by atoms with van der Waals surface area (Å²) in [5.41, 5.74) is 1.55. The summed E-state index contributed by atoms with van der Waals surface area (Å²) in [6.45, 7) is 1.23. The Kier molecular flexibility index (Phi) is 4.32. The van der Waals surface area contributed by atoms with Crippen LogP contribution in [-0.2, 0) is 11.3 Å². The van der Waals surface area contributed by atoms with E-state index < -0.39 is 0 Å². The van der Waals surface area contributed by atoms with Gasteiger partial charge < -0.3 is 14.0 Å². The van der Waals surface area contributed by atoms with Crippen LogP contribution >= 0.6 is 0 Å². The summed E-state index contributed by atoms with van der Waals surface area (Å²) >= 11 is 0. The first-order chi connectivity index (χ1) is 12.8. The van der Waals surface area contributed by atoms with Gasteiger partial charge in [0.15, 0.2) is 0 Å². The lowest BCUT2D eigenvalue weighted by Gasteiger charge is -2.11. The van der Waals surface area contributed by atoms with E-state index in [1.165, 1.54) is 12.5 Å². The summed E-state index contributed by atoms with van der Waals surface area (Å²) in [5.74, 6) is 0.557. The number of carbonyl (C=O) groups is 1. The number of nitrogens with zero attached hydrogens (tertiary/aromatic N) is 1. The maximum atomic E-state index is 11.8. The highest BCUT2D eigenvalue weighted by atomic mass is 16.5. The predicted molar refractivity (Wildman–Crippen MR) is 103 cm³/mol. The molecule has 0 saturated carbocycles. The van der Waals surface area contributed by atoms with Crippen LogP contribution in [-0.4, -0.2) is 24.3 Å². The van der Waals surface area contributed by atoms with Crippen LogP contribution in [0.3, 0.4) is 0 Å². The Morgan fingerprint density at radius 1 is 0.962 bits per heavy atom. The lowest BCUT2D eigenvalue weighted by atomic mass is 10.1. The minimum atomic E-state index is -0.327. The lowest BCUT2D eigenvalue weighted by Crippen LogP contribution is -2.08. The molecule has 1 heterocycles. The molecule has 0 saturated heterocycles. The van der Waals surface area contributed by atoms with Gasteiger partial charge in [0.05, 0.1) is 19.2 Å². The molecule has 0 aliphatic heterocycles. The van der Waals surface area contributed by atoms with Gasteiger partial charge in [-0.05, 0) is 35.0 Å². The zero-order chi connectivity index (χ0) is 17.9. The smallest absolute Gasteiger partial charge is 0.337 e. The van der Waals surface area contributed by atoms with E-state index in [0.29, 0.717) is 18.7 Å². The molecule has 4 heteroatoms. The van der Waals surface area contributed by atoms with Crippen molar-refractivity contribution in [2.45, 2.75) is 6.54 Å². The monoisotopic (exact) mass is 345 g/mol. The molecular weight excluding hydrogens is 326 g/mol. The number of hydrogen-bond donors (Lipinski definition) is 0.